The van der Waals surface area contributed by atoms with E-state index in [9.17, 15) is 10.1 Å². The topological polar surface area (TPSA) is 56.6 Å². The Labute approximate surface area is 177 Å². The van der Waals surface area contributed by atoms with Gasteiger partial charge in [0.15, 0.2) is 0 Å². The molecule has 0 bridgehead atoms. The maximum Gasteiger partial charge on any atom is 0.237 e. The van der Waals surface area contributed by atoms with Crippen LogP contribution < -0.4 is 4.74 Å². The van der Waals surface area contributed by atoms with Gasteiger partial charge in [0.1, 0.15) is 11.3 Å². The van der Waals surface area contributed by atoms with Crippen molar-refractivity contribution in [2.24, 2.45) is 0 Å². The monoisotopic (exact) mass is 411 g/mol. The number of carbonyl (C=O) groups excluding carboxylic acids is 1. The summed E-state index contributed by atoms with van der Waals surface area (Å²) >= 11 is 1.69. The highest BCUT2D eigenvalue weighted by Crippen LogP contribution is 2.32. The van der Waals surface area contributed by atoms with Gasteiger partial charge in [-0.05, 0) is 30.4 Å². The van der Waals surface area contributed by atoms with Gasteiger partial charge in [0.05, 0.1) is 19.7 Å². The van der Waals surface area contributed by atoms with Gasteiger partial charge in [0.25, 0.3) is 0 Å². The molecule has 0 N–H and O–H groups in total. The lowest BCUT2D eigenvalue weighted by molar-refractivity contribution is -0.136. The number of thiophene rings is 1. The van der Waals surface area contributed by atoms with Crippen LogP contribution in [0.25, 0.3) is 0 Å². The number of methoxy groups -OCH3 is 1. The Morgan fingerprint density at radius 2 is 1.93 bits per heavy atom. The molecule has 29 heavy (non-hydrogen) atoms. The summed E-state index contributed by atoms with van der Waals surface area (Å²) in [5.74, 6) is 0.824. The lowest BCUT2D eigenvalue weighted by atomic mass is 9.81. The molecule has 154 valence electrons. The minimum Gasteiger partial charge on any atom is -0.496 e. The van der Waals surface area contributed by atoms with Crippen LogP contribution in [0.1, 0.15) is 42.5 Å². The van der Waals surface area contributed by atoms with E-state index >= 15 is 0 Å². The summed E-state index contributed by atoms with van der Waals surface area (Å²) in [6, 6.07) is 14.5. The molecule has 6 heteroatoms. The molecule has 1 aromatic carbocycles. The number of hydrogen-bond donors (Lipinski definition) is 0. The van der Waals surface area contributed by atoms with E-state index in [2.05, 4.69) is 22.4 Å². The predicted octanol–water partition coefficient (Wildman–Crippen LogP) is 4.44. The van der Waals surface area contributed by atoms with E-state index in [0.717, 1.165) is 43.4 Å². The summed E-state index contributed by atoms with van der Waals surface area (Å²) in [6.45, 7) is 1.58. The van der Waals surface area contributed by atoms with Crippen LogP contribution in [0.15, 0.2) is 41.8 Å². The fraction of sp³-hybridized carbons (Fsp3) is 0.478. The number of likely N-dealkylation sites (N-methyl/N-ethyl adjacent to an activating group) is 1. The van der Waals surface area contributed by atoms with Crippen molar-refractivity contribution in [1.29, 1.82) is 5.26 Å². The van der Waals surface area contributed by atoms with Gasteiger partial charge in [-0.15, -0.1) is 11.3 Å². The number of nitriles is 1. The van der Waals surface area contributed by atoms with Gasteiger partial charge >= 0.3 is 0 Å². The fourth-order valence-electron chi connectivity index (χ4n) is 4.06. The minimum atomic E-state index is -0.658. The third kappa shape index (κ3) is 5.17. The Morgan fingerprint density at radius 3 is 2.59 bits per heavy atom. The largest absolute Gasteiger partial charge is 0.496 e. The number of carbonyl (C=O) groups is 1. The molecular weight excluding hydrogens is 382 g/mol. The molecule has 2 aromatic rings. The highest BCUT2D eigenvalue weighted by molar-refractivity contribution is 7.09. The highest BCUT2D eigenvalue weighted by Gasteiger charge is 2.39. The van der Waals surface area contributed by atoms with Gasteiger partial charge in [0.2, 0.25) is 5.91 Å². The maximum atomic E-state index is 13.2. The summed E-state index contributed by atoms with van der Waals surface area (Å²) in [6.07, 6.45) is 4.69. The summed E-state index contributed by atoms with van der Waals surface area (Å²) in [5, 5.41) is 11.9. The van der Waals surface area contributed by atoms with Gasteiger partial charge in [-0.1, -0.05) is 43.5 Å². The van der Waals surface area contributed by atoms with Gasteiger partial charge in [-0.3, -0.25) is 9.69 Å². The van der Waals surface area contributed by atoms with Crippen LogP contribution in [0.2, 0.25) is 0 Å². The molecule has 3 rings (SSSR count). The van der Waals surface area contributed by atoms with Crippen LogP contribution in [0.4, 0.5) is 0 Å². The molecule has 1 fully saturated rings. The normalized spacial score (nSPS) is 15.7. The second-order valence-corrected chi connectivity index (χ2v) is 8.73. The SMILES string of the molecule is COc1ccccc1CN(CC(=O)N(C)C1(C#N)CCCCC1)Cc1cccs1. The smallest absolute Gasteiger partial charge is 0.237 e. The number of nitrogens with zero attached hydrogens (tertiary/aromatic N) is 3. The Balaban J connectivity index is 1.77. The molecule has 0 unspecified atom stereocenters. The van der Waals surface area contributed by atoms with E-state index in [-0.39, 0.29) is 12.5 Å². The van der Waals surface area contributed by atoms with Crippen molar-refractivity contribution in [3.05, 3.63) is 52.2 Å². The molecule has 1 amide bonds. The Bertz CT molecular complexity index is 838. The molecule has 1 aliphatic rings. The number of ether oxygens (including phenoxy) is 1. The van der Waals surface area contributed by atoms with Gasteiger partial charge in [0, 0.05) is 30.6 Å². The van der Waals surface area contributed by atoms with Crippen molar-refractivity contribution < 1.29 is 9.53 Å². The zero-order valence-corrected chi connectivity index (χ0v) is 18.1. The van der Waals surface area contributed by atoms with Gasteiger partial charge < -0.3 is 9.64 Å². The summed E-state index contributed by atoms with van der Waals surface area (Å²) < 4.78 is 5.50. The van der Waals surface area contributed by atoms with Crippen molar-refractivity contribution >= 4 is 17.2 Å². The first-order chi connectivity index (χ1) is 14.1. The van der Waals surface area contributed by atoms with Gasteiger partial charge in [-0.2, -0.15) is 5.26 Å². The Hall–Kier alpha value is -2.36. The number of rotatable bonds is 8. The second-order valence-electron chi connectivity index (χ2n) is 7.69. The first-order valence-corrected chi connectivity index (χ1v) is 11.0. The quantitative estimate of drug-likeness (QED) is 0.644. The summed E-state index contributed by atoms with van der Waals surface area (Å²) in [5.41, 5.74) is 0.392. The lowest BCUT2D eigenvalue weighted by Gasteiger charge is -2.39. The Morgan fingerprint density at radius 1 is 1.17 bits per heavy atom. The molecule has 0 atom stereocenters. The van der Waals surface area contributed by atoms with E-state index < -0.39 is 5.54 Å². The van der Waals surface area contributed by atoms with Crippen molar-refractivity contribution in [3.63, 3.8) is 0 Å². The first kappa shape index (κ1) is 21.4. The Kier molecular flexibility index (Phi) is 7.29. The zero-order valence-electron chi connectivity index (χ0n) is 17.3. The molecule has 1 heterocycles. The molecule has 5 nitrogen and oxygen atoms in total. The number of hydrogen-bond acceptors (Lipinski definition) is 5. The number of para-hydroxylation sites is 1. The summed E-state index contributed by atoms with van der Waals surface area (Å²) in [4.78, 5) is 18.2. The molecule has 0 aliphatic heterocycles. The van der Waals surface area contributed by atoms with Crippen LogP contribution >= 0.6 is 11.3 Å². The molecular formula is C23H29N3O2S. The standard InChI is InChI=1S/C23H29N3O2S/c1-25(23(18-24)12-6-3-7-13-23)22(27)17-26(16-20-10-8-14-29-20)15-19-9-4-5-11-21(19)28-2/h4-5,8-11,14H,3,6-7,12-13,15-17H2,1-2H3. The minimum absolute atomic E-state index is 0.0000888. The van der Waals surface area contributed by atoms with E-state index in [1.54, 1.807) is 30.4 Å². The van der Waals surface area contributed by atoms with E-state index in [1.807, 2.05) is 30.3 Å². The van der Waals surface area contributed by atoms with Crippen LogP contribution in [0.3, 0.4) is 0 Å². The predicted molar refractivity (Wildman–Crippen MR) is 116 cm³/mol. The van der Waals surface area contributed by atoms with Gasteiger partial charge in [-0.25, -0.2) is 0 Å². The molecule has 0 saturated heterocycles. The molecule has 0 spiro atoms. The van der Waals surface area contributed by atoms with Crippen molar-refractivity contribution in [2.45, 2.75) is 50.7 Å². The molecule has 1 saturated carbocycles. The second kappa shape index (κ2) is 9.91. The third-order valence-electron chi connectivity index (χ3n) is 5.81. The number of amides is 1. The zero-order chi connectivity index (χ0) is 20.7. The average molecular weight is 412 g/mol. The van der Waals surface area contributed by atoms with Crippen molar-refractivity contribution in [1.82, 2.24) is 9.80 Å². The van der Waals surface area contributed by atoms with Crippen LogP contribution in [-0.2, 0) is 17.9 Å². The van der Waals surface area contributed by atoms with E-state index in [0.29, 0.717) is 13.1 Å². The van der Waals surface area contributed by atoms with Crippen molar-refractivity contribution in [2.75, 3.05) is 20.7 Å². The van der Waals surface area contributed by atoms with Crippen LogP contribution in [0.5, 0.6) is 5.75 Å². The van der Waals surface area contributed by atoms with Crippen LogP contribution in [-0.4, -0.2) is 41.9 Å². The fourth-order valence-corrected chi connectivity index (χ4v) is 4.81. The molecule has 0 radical (unpaired) electrons. The highest BCUT2D eigenvalue weighted by atomic mass is 32.1. The maximum absolute atomic E-state index is 13.2. The first-order valence-electron chi connectivity index (χ1n) is 10.1. The van der Waals surface area contributed by atoms with Crippen molar-refractivity contribution in [3.8, 4) is 11.8 Å². The lowest BCUT2D eigenvalue weighted by Crippen LogP contribution is -2.52. The summed E-state index contributed by atoms with van der Waals surface area (Å²) in [7, 11) is 3.46. The average Bonchev–Trinajstić information content (AvgIpc) is 3.27. The van der Waals surface area contributed by atoms with E-state index in [1.165, 1.54) is 4.88 Å². The molecule has 1 aromatic heterocycles. The van der Waals surface area contributed by atoms with Crippen LogP contribution in [0, 0.1) is 11.3 Å². The number of benzene rings is 1. The molecule has 1 aliphatic carbocycles. The third-order valence-corrected chi connectivity index (χ3v) is 6.67. The van der Waals surface area contributed by atoms with E-state index in [4.69, 9.17) is 4.74 Å².